The first-order chi connectivity index (χ1) is 23.3. The molecule has 5 aliphatic carbocycles. The molecule has 1 aromatic rings. The van der Waals surface area contributed by atoms with Gasteiger partial charge in [0.25, 0.3) is 0 Å². The molecule has 2 N–H and O–H groups in total. The van der Waals surface area contributed by atoms with Crippen molar-refractivity contribution in [3.05, 3.63) is 42.2 Å². The molecule has 1 amide bonds. The van der Waals surface area contributed by atoms with E-state index in [-0.39, 0.29) is 45.5 Å². The molecule has 1 unspecified atom stereocenters. The molecular weight excluding hydrogens is 624 g/mol. The number of carbonyl (C=O) groups is 3. The van der Waals surface area contributed by atoms with Gasteiger partial charge in [-0.3, -0.25) is 19.4 Å². The second kappa shape index (κ2) is 12.8. The lowest BCUT2D eigenvalue weighted by Crippen LogP contribution is -2.67. The number of esters is 1. The molecule has 0 spiro atoms. The van der Waals surface area contributed by atoms with E-state index in [2.05, 4.69) is 58.4 Å². The van der Waals surface area contributed by atoms with E-state index in [9.17, 15) is 19.5 Å². The van der Waals surface area contributed by atoms with Crippen LogP contribution in [0, 0.1) is 62.1 Å². The summed E-state index contributed by atoms with van der Waals surface area (Å²) in [4.78, 5) is 43.7. The van der Waals surface area contributed by atoms with Gasteiger partial charge < -0.3 is 15.2 Å². The highest BCUT2D eigenvalue weighted by molar-refractivity contribution is 5.84. The zero-order valence-electron chi connectivity index (χ0n) is 32.2. The molecule has 50 heavy (non-hydrogen) atoms. The van der Waals surface area contributed by atoms with Gasteiger partial charge in [-0.05, 0) is 143 Å². The number of hydrogen-bond acceptors (Lipinski definition) is 5. The fraction of sp³-hybridized carbons (Fsp3) is 0.767. The van der Waals surface area contributed by atoms with Crippen LogP contribution in [0.2, 0.25) is 0 Å². The Balaban J connectivity index is 1.23. The highest BCUT2D eigenvalue weighted by Crippen LogP contribution is 2.77. The van der Waals surface area contributed by atoms with Crippen LogP contribution in [-0.2, 0) is 25.5 Å². The fourth-order valence-electron chi connectivity index (χ4n) is 13.4. The fourth-order valence-corrected chi connectivity index (χ4v) is 13.4. The van der Waals surface area contributed by atoms with Crippen molar-refractivity contribution in [3.8, 4) is 0 Å². The van der Waals surface area contributed by atoms with Gasteiger partial charge in [-0.25, -0.2) is 0 Å². The molecule has 1 heterocycles. The van der Waals surface area contributed by atoms with Gasteiger partial charge in [0.1, 0.15) is 6.10 Å². The van der Waals surface area contributed by atoms with Gasteiger partial charge in [0.15, 0.2) is 0 Å². The topological polar surface area (TPSA) is 106 Å². The summed E-state index contributed by atoms with van der Waals surface area (Å²) < 4.78 is 6.17. The van der Waals surface area contributed by atoms with E-state index in [1.54, 1.807) is 13.8 Å². The Morgan fingerprint density at radius 3 is 2.34 bits per heavy atom. The van der Waals surface area contributed by atoms with Crippen LogP contribution in [0.5, 0.6) is 0 Å². The van der Waals surface area contributed by atoms with Crippen molar-refractivity contribution in [3.63, 3.8) is 0 Å². The number of allylic oxidation sites excluding steroid dienone is 1. The lowest BCUT2D eigenvalue weighted by atomic mass is 9.32. The summed E-state index contributed by atoms with van der Waals surface area (Å²) in [5.41, 5.74) is 0.960. The van der Waals surface area contributed by atoms with Crippen molar-refractivity contribution in [1.29, 1.82) is 0 Å². The van der Waals surface area contributed by atoms with Crippen molar-refractivity contribution < 1.29 is 24.2 Å². The SMILES string of the molecule is C=C(C)[C@@H]1CC[C@]2(C(=O)NCCc3ccccn3)CC[C@]3(C)[C@H](CC[C@@H]4[C@@]5(C)CC[C@H](OC(=O)CC(C)(C)C(=O)O)C(C)(C)[C@@H]5CC[C@]43C)C12. The average molecular weight is 689 g/mol. The third-order valence-corrected chi connectivity index (χ3v) is 16.3. The Hall–Kier alpha value is -2.70. The van der Waals surface area contributed by atoms with Gasteiger partial charge in [-0.1, -0.05) is 52.8 Å². The number of amides is 1. The molecule has 0 radical (unpaired) electrons. The largest absolute Gasteiger partial charge is 0.481 e. The lowest BCUT2D eigenvalue weighted by Gasteiger charge is -2.72. The predicted octanol–water partition coefficient (Wildman–Crippen LogP) is 8.81. The second-order valence-electron chi connectivity index (χ2n) is 19.4. The maximum Gasteiger partial charge on any atom is 0.309 e. The molecule has 10 atom stereocenters. The summed E-state index contributed by atoms with van der Waals surface area (Å²) >= 11 is 0. The summed E-state index contributed by atoms with van der Waals surface area (Å²) in [6.45, 7) is 22.9. The maximum atomic E-state index is 14.4. The number of aromatic nitrogens is 1. The number of carbonyl (C=O) groups excluding carboxylic acids is 2. The van der Waals surface area contributed by atoms with Crippen LogP contribution in [0.15, 0.2) is 36.5 Å². The van der Waals surface area contributed by atoms with Crippen molar-refractivity contribution in [2.75, 3.05) is 6.54 Å². The highest BCUT2D eigenvalue weighted by Gasteiger charge is 2.72. The quantitative estimate of drug-likeness (QED) is 0.199. The monoisotopic (exact) mass is 688 g/mol. The van der Waals surface area contributed by atoms with E-state index in [1.807, 2.05) is 24.4 Å². The van der Waals surface area contributed by atoms with E-state index in [1.165, 1.54) is 12.0 Å². The zero-order valence-corrected chi connectivity index (χ0v) is 32.2. The maximum absolute atomic E-state index is 14.4. The number of nitrogens with zero attached hydrogens (tertiary/aromatic N) is 1. The van der Waals surface area contributed by atoms with Crippen LogP contribution in [0.3, 0.4) is 0 Å². The normalized spacial score (nSPS) is 40.3. The summed E-state index contributed by atoms with van der Waals surface area (Å²) in [6, 6.07) is 5.97. The van der Waals surface area contributed by atoms with Crippen LogP contribution in [0.1, 0.15) is 132 Å². The standard InChI is InChI=1S/C43H64N2O5/c1-27(2)29-15-21-43(36(47)45-25-18-28-12-10-11-24-44-28)23-22-41(8)30(35(29)43)13-14-32-40(7)19-17-33(50-34(46)26-38(3,4)37(48)49)39(5,6)31(40)16-20-42(32,41)9/h10-12,24,29-33,35H,1,13-23,25-26H2,2-9H3,(H,45,47)(H,48,49)/t29-,30+,31-,32+,33-,35?,40-,41+,42+,43-/m0/s1. The minimum atomic E-state index is -1.15. The number of fused-ring (bicyclic) bond motifs is 7. The molecule has 5 saturated carbocycles. The molecular formula is C43H64N2O5. The Morgan fingerprint density at radius 1 is 0.940 bits per heavy atom. The third kappa shape index (κ3) is 5.66. The molecule has 7 heteroatoms. The number of nitrogens with one attached hydrogen (secondary N) is 1. The molecule has 5 aliphatic rings. The molecule has 1 aromatic heterocycles. The van der Waals surface area contributed by atoms with Gasteiger partial charge in [-0.15, -0.1) is 0 Å². The van der Waals surface area contributed by atoms with Crippen LogP contribution in [0.25, 0.3) is 0 Å². The van der Waals surface area contributed by atoms with E-state index in [4.69, 9.17) is 4.74 Å². The summed E-state index contributed by atoms with van der Waals surface area (Å²) in [5.74, 6) is 1.02. The Morgan fingerprint density at radius 2 is 1.68 bits per heavy atom. The minimum Gasteiger partial charge on any atom is -0.481 e. The first-order valence-corrected chi connectivity index (χ1v) is 19.6. The molecule has 7 nitrogen and oxygen atoms in total. The molecule has 0 aromatic carbocycles. The molecule has 0 bridgehead atoms. The summed E-state index contributed by atoms with van der Waals surface area (Å²) in [5, 5.41) is 13.0. The number of ether oxygens (including phenoxy) is 1. The minimum absolute atomic E-state index is 0.118. The van der Waals surface area contributed by atoms with Crippen molar-refractivity contribution in [2.45, 2.75) is 139 Å². The van der Waals surface area contributed by atoms with E-state index in [0.717, 1.165) is 69.9 Å². The van der Waals surface area contributed by atoms with Gasteiger partial charge in [0, 0.05) is 30.3 Å². The highest BCUT2D eigenvalue weighted by atomic mass is 16.5. The predicted molar refractivity (Wildman–Crippen MR) is 196 cm³/mol. The molecule has 6 rings (SSSR count). The lowest BCUT2D eigenvalue weighted by molar-refractivity contribution is -0.249. The smallest absolute Gasteiger partial charge is 0.309 e. The van der Waals surface area contributed by atoms with Gasteiger partial charge in [0.05, 0.1) is 17.3 Å². The van der Waals surface area contributed by atoms with Gasteiger partial charge in [0.2, 0.25) is 5.91 Å². The van der Waals surface area contributed by atoms with Crippen molar-refractivity contribution in [1.82, 2.24) is 10.3 Å². The number of pyridine rings is 1. The van der Waals surface area contributed by atoms with Crippen LogP contribution < -0.4 is 5.32 Å². The number of carboxylic acid groups (broad SMARTS) is 1. The average Bonchev–Trinajstić information content (AvgIpc) is 3.44. The Bertz CT molecular complexity index is 1500. The van der Waals surface area contributed by atoms with Crippen molar-refractivity contribution in [2.24, 2.45) is 62.1 Å². The van der Waals surface area contributed by atoms with Crippen LogP contribution in [-0.4, -0.2) is 40.6 Å². The molecule has 0 saturated heterocycles. The molecule has 0 aliphatic heterocycles. The molecule has 276 valence electrons. The van der Waals surface area contributed by atoms with E-state index < -0.39 is 17.4 Å². The summed E-state index contributed by atoms with van der Waals surface area (Å²) in [7, 11) is 0. The van der Waals surface area contributed by atoms with Crippen LogP contribution >= 0.6 is 0 Å². The number of rotatable bonds is 9. The summed E-state index contributed by atoms with van der Waals surface area (Å²) in [6.07, 6.45) is 12.7. The van der Waals surface area contributed by atoms with Crippen LogP contribution in [0.4, 0.5) is 0 Å². The Kier molecular flexibility index (Phi) is 9.46. The van der Waals surface area contributed by atoms with E-state index in [0.29, 0.717) is 36.1 Å². The van der Waals surface area contributed by atoms with Crippen molar-refractivity contribution >= 4 is 17.8 Å². The number of carboxylic acids is 1. The first kappa shape index (κ1) is 37.1. The first-order valence-electron chi connectivity index (χ1n) is 19.6. The number of aliphatic carboxylic acids is 1. The number of hydrogen-bond donors (Lipinski definition) is 2. The zero-order chi connectivity index (χ0) is 36.5. The third-order valence-electron chi connectivity index (χ3n) is 16.3. The second-order valence-corrected chi connectivity index (χ2v) is 19.4. The van der Waals surface area contributed by atoms with E-state index >= 15 is 0 Å². The Labute approximate surface area is 301 Å². The van der Waals surface area contributed by atoms with Gasteiger partial charge in [-0.2, -0.15) is 0 Å². The van der Waals surface area contributed by atoms with Gasteiger partial charge >= 0.3 is 11.9 Å². The molecule has 5 fully saturated rings.